The van der Waals surface area contributed by atoms with Crippen LogP contribution in [0.4, 0.5) is 0 Å². The Balaban J connectivity index is 4.63. The van der Waals surface area contributed by atoms with Gasteiger partial charge in [0.15, 0.2) is 0 Å². The molecule has 0 rings (SSSR count). The van der Waals surface area contributed by atoms with Crippen molar-refractivity contribution in [2.24, 2.45) is 5.92 Å². The Labute approximate surface area is 104 Å². The second-order valence-electron chi connectivity index (χ2n) is 4.32. The molecular weight excluding hydrogens is 250 g/mol. The molecule has 0 aromatic heterocycles. The van der Waals surface area contributed by atoms with Crippen LogP contribution < -0.4 is 0 Å². The minimum absolute atomic E-state index is 0.00377. The average molecular weight is 272 g/mol. The molecule has 1 atom stereocenters. The van der Waals surface area contributed by atoms with E-state index in [0.717, 1.165) is 0 Å². The van der Waals surface area contributed by atoms with Gasteiger partial charge in [-0.25, -0.2) is 8.42 Å². The molecule has 0 radical (unpaired) electrons. The molecule has 0 aliphatic heterocycles. The fourth-order valence-corrected chi connectivity index (χ4v) is 3.76. The van der Waals surface area contributed by atoms with Crippen LogP contribution in [0.3, 0.4) is 0 Å². The Kier molecular flexibility index (Phi) is 7.55. The smallest absolute Gasteiger partial charge is 0.214 e. The van der Waals surface area contributed by atoms with Crippen LogP contribution in [0.1, 0.15) is 27.2 Å². The van der Waals surface area contributed by atoms with Crippen molar-refractivity contribution in [1.29, 1.82) is 0 Å². The predicted molar refractivity (Wildman–Crippen MR) is 67.2 cm³/mol. The van der Waals surface area contributed by atoms with E-state index in [9.17, 15) is 8.42 Å². The molecule has 0 aliphatic carbocycles. The summed E-state index contributed by atoms with van der Waals surface area (Å²) in [5.74, 6) is 0.354. The Morgan fingerprint density at radius 1 is 1.31 bits per heavy atom. The molecule has 0 saturated carbocycles. The molecule has 1 unspecified atom stereocenters. The summed E-state index contributed by atoms with van der Waals surface area (Å²) in [5, 5.41) is 8.75. The lowest BCUT2D eigenvalue weighted by Crippen LogP contribution is -2.40. The fourth-order valence-electron chi connectivity index (χ4n) is 1.44. The molecule has 0 amide bonds. The van der Waals surface area contributed by atoms with E-state index in [0.29, 0.717) is 18.8 Å². The third kappa shape index (κ3) is 5.48. The first kappa shape index (κ1) is 16.2. The van der Waals surface area contributed by atoms with Crippen LogP contribution in [0.15, 0.2) is 0 Å². The van der Waals surface area contributed by atoms with Crippen molar-refractivity contribution in [2.45, 2.75) is 33.2 Å². The minimum atomic E-state index is -3.27. The van der Waals surface area contributed by atoms with Gasteiger partial charge in [0.2, 0.25) is 10.0 Å². The van der Waals surface area contributed by atoms with E-state index < -0.39 is 10.0 Å². The van der Waals surface area contributed by atoms with Gasteiger partial charge in [-0.05, 0) is 26.2 Å². The Hall–Kier alpha value is 0.160. The largest absolute Gasteiger partial charge is 0.396 e. The lowest BCUT2D eigenvalue weighted by Gasteiger charge is -2.26. The number of rotatable bonds is 8. The predicted octanol–water partition coefficient (Wildman–Crippen LogP) is 1.28. The van der Waals surface area contributed by atoms with Gasteiger partial charge in [0, 0.05) is 25.1 Å². The first-order valence-corrected chi connectivity index (χ1v) is 7.65. The lowest BCUT2D eigenvalue weighted by molar-refractivity contribution is 0.258. The molecule has 0 spiro atoms. The third-order valence-corrected chi connectivity index (χ3v) is 5.06. The van der Waals surface area contributed by atoms with Crippen molar-refractivity contribution in [1.82, 2.24) is 4.31 Å². The highest BCUT2D eigenvalue weighted by Crippen LogP contribution is 2.13. The SMILES string of the molecule is CC(CCl)CS(=O)(=O)N(CCCO)C(C)C. The summed E-state index contributed by atoms with van der Waals surface area (Å²) < 4.78 is 25.5. The molecule has 0 saturated heterocycles. The molecule has 0 heterocycles. The van der Waals surface area contributed by atoms with Crippen molar-refractivity contribution < 1.29 is 13.5 Å². The molecule has 1 N–H and O–H groups in total. The topological polar surface area (TPSA) is 57.6 Å². The third-order valence-electron chi connectivity index (χ3n) is 2.23. The number of sulfonamides is 1. The van der Waals surface area contributed by atoms with Gasteiger partial charge in [0.1, 0.15) is 0 Å². The van der Waals surface area contributed by atoms with Gasteiger partial charge in [0.05, 0.1) is 5.75 Å². The zero-order valence-corrected chi connectivity index (χ0v) is 11.8. The summed E-state index contributed by atoms with van der Waals surface area (Å²) >= 11 is 5.62. The second kappa shape index (κ2) is 7.48. The molecule has 0 aromatic carbocycles. The van der Waals surface area contributed by atoms with Crippen LogP contribution in [-0.2, 0) is 10.0 Å². The standard InChI is InChI=1S/C10H22ClNO3S/c1-9(2)12(5-4-6-13)16(14,15)8-10(3)7-11/h9-10,13H,4-8H2,1-3H3. The maximum atomic E-state index is 12.0. The summed E-state index contributed by atoms with van der Waals surface area (Å²) in [4.78, 5) is 0. The molecule has 0 aromatic rings. The van der Waals surface area contributed by atoms with Crippen molar-refractivity contribution in [3.8, 4) is 0 Å². The number of alkyl halides is 1. The molecule has 6 heteroatoms. The van der Waals surface area contributed by atoms with Gasteiger partial charge in [0.25, 0.3) is 0 Å². The number of aliphatic hydroxyl groups is 1. The van der Waals surface area contributed by atoms with Gasteiger partial charge in [-0.1, -0.05) is 6.92 Å². The van der Waals surface area contributed by atoms with Gasteiger partial charge in [-0.15, -0.1) is 11.6 Å². The van der Waals surface area contributed by atoms with Gasteiger partial charge < -0.3 is 5.11 Å². The van der Waals surface area contributed by atoms with E-state index in [-0.39, 0.29) is 24.3 Å². The number of nitrogens with zero attached hydrogens (tertiary/aromatic N) is 1. The summed E-state index contributed by atoms with van der Waals surface area (Å²) in [6.07, 6.45) is 0.465. The molecule has 0 fully saturated rings. The van der Waals surface area contributed by atoms with Crippen molar-refractivity contribution >= 4 is 21.6 Å². The van der Waals surface area contributed by atoms with Crippen molar-refractivity contribution in [3.63, 3.8) is 0 Å². The number of aliphatic hydroxyl groups excluding tert-OH is 1. The van der Waals surface area contributed by atoms with Crippen LogP contribution >= 0.6 is 11.6 Å². The normalized spacial score (nSPS) is 14.7. The van der Waals surface area contributed by atoms with E-state index >= 15 is 0 Å². The fraction of sp³-hybridized carbons (Fsp3) is 1.00. The molecule has 98 valence electrons. The highest BCUT2D eigenvalue weighted by atomic mass is 35.5. The first-order chi connectivity index (χ1) is 7.35. The van der Waals surface area contributed by atoms with Crippen LogP contribution in [0.5, 0.6) is 0 Å². The van der Waals surface area contributed by atoms with Gasteiger partial charge in [-0.3, -0.25) is 0 Å². The highest BCUT2D eigenvalue weighted by Gasteiger charge is 2.25. The zero-order valence-electron chi connectivity index (χ0n) is 10.2. The first-order valence-electron chi connectivity index (χ1n) is 5.51. The quantitative estimate of drug-likeness (QED) is 0.677. The second-order valence-corrected chi connectivity index (χ2v) is 6.59. The number of hydrogen-bond donors (Lipinski definition) is 1. The molecule has 4 nitrogen and oxygen atoms in total. The van der Waals surface area contributed by atoms with E-state index in [1.165, 1.54) is 4.31 Å². The van der Waals surface area contributed by atoms with Crippen molar-refractivity contribution in [3.05, 3.63) is 0 Å². The molecular formula is C10H22ClNO3S. The lowest BCUT2D eigenvalue weighted by atomic mass is 10.3. The number of halogens is 1. The van der Waals surface area contributed by atoms with Gasteiger partial charge in [-0.2, -0.15) is 4.31 Å². The molecule has 16 heavy (non-hydrogen) atoms. The van der Waals surface area contributed by atoms with E-state index in [2.05, 4.69) is 0 Å². The maximum absolute atomic E-state index is 12.0. The summed E-state index contributed by atoms with van der Waals surface area (Å²) in [7, 11) is -3.27. The maximum Gasteiger partial charge on any atom is 0.214 e. The number of hydrogen-bond acceptors (Lipinski definition) is 3. The van der Waals surface area contributed by atoms with E-state index in [1.54, 1.807) is 0 Å². The summed E-state index contributed by atoms with van der Waals surface area (Å²) in [6, 6.07) is -0.0842. The highest BCUT2D eigenvalue weighted by molar-refractivity contribution is 7.89. The monoisotopic (exact) mass is 271 g/mol. The summed E-state index contributed by atoms with van der Waals surface area (Å²) in [5.41, 5.74) is 0. The van der Waals surface area contributed by atoms with Crippen molar-refractivity contribution in [2.75, 3.05) is 24.8 Å². The van der Waals surface area contributed by atoms with E-state index in [4.69, 9.17) is 16.7 Å². The van der Waals surface area contributed by atoms with Crippen LogP contribution in [0.2, 0.25) is 0 Å². The molecule has 0 aliphatic rings. The van der Waals surface area contributed by atoms with Gasteiger partial charge >= 0.3 is 0 Å². The zero-order chi connectivity index (χ0) is 12.8. The van der Waals surface area contributed by atoms with Crippen LogP contribution in [0, 0.1) is 5.92 Å². The van der Waals surface area contributed by atoms with Crippen LogP contribution in [-0.4, -0.2) is 48.7 Å². The summed E-state index contributed by atoms with van der Waals surface area (Å²) in [6.45, 7) is 5.85. The Morgan fingerprint density at radius 3 is 2.25 bits per heavy atom. The van der Waals surface area contributed by atoms with Crippen LogP contribution in [0.25, 0.3) is 0 Å². The Morgan fingerprint density at radius 2 is 1.88 bits per heavy atom. The minimum Gasteiger partial charge on any atom is -0.396 e. The van der Waals surface area contributed by atoms with E-state index in [1.807, 2.05) is 20.8 Å². The molecule has 0 bridgehead atoms. The Bertz CT molecular complexity index is 280. The average Bonchev–Trinajstić information content (AvgIpc) is 2.16.